The van der Waals surface area contributed by atoms with Gasteiger partial charge >= 0.3 is 5.69 Å². The Morgan fingerprint density at radius 2 is 2.10 bits per heavy atom. The van der Waals surface area contributed by atoms with E-state index in [1.165, 1.54) is 18.2 Å². The van der Waals surface area contributed by atoms with Crippen molar-refractivity contribution in [3.05, 3.63) is 34.1 Å². The molecule has 0 aliphatic heterocycles. The standard InChI is InChI=1S/C14H15ClFNO3/c15-11-8-12(14(11)6-1-2-7-14)20-13-9(16)4-3-5-10(13)17(18)19/h3-5,11-12H,1-2,6-8H2. The molecule has 2 unspecified atom stereocenters. The first-order valence-electron chi connectivity index (χ1n) is 6.78. The van der Waals surface area contributed by atoms with Crippen LogP contribution >= 0.6 is 11.6 Å². The van der Waals surface area contributed by atoms with Gasteiger partial charge in [0.1, 0.15) is 6.10 Å². The van der Waals surface area contributed by atoms with E-state index in [0.29, 0.717) is 6.42 Å². The number of alkyl halides is 1. The van der Waals surface area contributed by atoms with Crippen molar-refractivity contribution in [1.29, 1.82) is 0 Å². The Bertz CT molecular complexity index is 545. The molecule has 108 valence electrons. The Balaban J connectivity index is 1.87. The van der Waals surface area contributed by atoms with E-state index in [0.717, 1.165) is 25.7 Å². The number of rotatable bonds is 3. The van der Waals surface area contributed by atoms with Gasteiger partial charge in [-0.25, -0.2) is 4.39 Å². The minimum Gasteiger partial charge on any atom is -0.481 e. The molecule has 0 saturated heterocycles. The lowest BCUT2D eigenvalue weighted by Crippen LogP contribution is -2.55. The normalized spacial score (nSPS) is 27.3. The van der Waals surface area contributed by atoms with E-state index in [1.807, 2.05) is 0 Å². The molecule has 0 bridgehead atoms. The summed E-state index contributed by atoms with van der Waals surface area (Å²) in [4.78, 5) is 10.4. The third-order valence-electron chi connectivity index (χ3n) is 4.62. The molecule has 0 amide bonds. The quantitative estimate of drug-likeness (QED) is 0.480. The molecule has 4 nitrogen and oxygen atoms in total. The molecule has 2 aliphatic carbocycles. The van der Waals surface area contributed by atoms with E-state index in [-0.39, 0.29) is 28.3 Å². The van der Waals surface area contributed by atoms with Gasteiger partial charge in [0.2, 0.25) is 5.75 Å². The molecule has 2 saturated carbocycles. The van der Waals surface area contributed by atoms with Crippen molar-refractivity contribution in [2.45, 2.75) is 43.6 Å². The highest BCUT2D eigenvalue weighted by atomic mass is 35.5. The lowest BCUT2D eigenvalue weighted by molar-refractivity contribution is -0.386. The van der Waals surface area contributed by atoms with E-state index >= 15 is 0 Å². The molecule has 6 heteroatoms. The van der Waals surface area contributed by atoms with Gasteiger partial charge in [0, 0.05) is 23.3 Å². The summed E-state index contributed by atoms with van der Waals surface area (Å²) in [6, 6.07) is 3.76. The Morgan fingerprint density at radius 1 is 1.40 bits per heavy atom. The zero-order valence-corrected chi connectivity index (χ0v) is 11.6. The van der Waals surface area contributed by atoms with Crippen LogP contribution in [0.2, 0.25) is 0 Å². The fourth-order valence-electron chi connectivity index (χ4n) is 3.43. The van der Waals surface area contributed by atoms with Crippen LogP contribution in [0.25, 0.3) is 0 Å². The number of hydrogen-bond donors (Lipinski definition) is 0. The molecular formula is C14H15ClFNO3. The summed E-state index contributed by atoms with van der Waals surface area (Å²) < 4.78 is 19.5. The maximum Gasteiger partial charge on any atom is 0.314 e. The first-order chi connectivity index (χ1) is 9.54. The number of nitrogens with zero attached hydrogens (tertiary/aromatic N) is 1. The highest BCUT2D eigenvalue weighted by Crippen LogP contribution is 2.57. The molecule has 0 heterocycles. The van der Waals surface area contributed by atoms with Gasteiger partial charge in [0.15, 0.2) is 5.82 Å². The van der Waals surface area contributed by atoms with Crippen molar-refractivity contribution < 1.29 is 14.1 Å². The van der Waals surface area contributed by atoms with Crippen molar-refractivity contribution in [3.8, 4) is 5.75 Å². The zero-order chi connectivity index (χ0) is 14.3. The van der Waals surface area contributed by atoms with Crippen LogP contribution in [0.3, 0.4) is 0 Å². The minimum absolute atomic E-state index is 0.0285. The highest BCUT2D eigenvalue weighted by Gasteiger charge is 2.57. The summed E-state index contributed by atoms with van der Waals surface area (Å²) in [5.41, 5.74) is -0.450. The van der Waals surface area contributed by atoms with Crippen LogP contribution < -0.4 is 4.74 Å². The number of benzene rings is 1. The summed E-state index contributed by atoms with van der Waals surface area (Å²) in [5.74, 6) is -0.942. The first-order valence-corrected chi connectivity index (χ1v) is 7.22. The SMILES string of the molecule is O=[N+]([O-])c1cccc(F)c1OC1CC(Cl)C12CCCC2. The molecule has 0 aromatic heterocycles. The number of nitro benzene ring substituents is 1. The molecule has 1 aromatic carbocycles. The molecule has 0 radical (unpaired) electrons. The predicted octanol–water partition coefficient (Wildman–Crippen LogP) is 4.05. The summed E-state index contributed by atoms with van der Waals surface area (Å²) in [6.45, 7) is 0. The second kappa shape index (κ2) is 4.88. The first kappa shape index (κ1) is 13.6. The number of nitro groups is 1. The Morgan fingerprint density at radius 3 is 2.70 bits per heavy atom. The lowest BCUT2D eigenvalue weighted by Gasteiger charge is -2.50. The Labute approximate surface area is 121 Å². The molecule has 1 spiro atoms. The molecule has 0 N–H and O–H groups in total. The number of ether oxygens (including phenoxy) is 1. The van der Waals surface area contributed by atoms with E-state index in [2.05, 4.69) is 0 Å². The smallest absolute Gasteiger partial charge is 0.314 e. The van der Waals surface area contributed by atoms with Crippen LogP contribution in [0.15, 0.2) is 18.2 Å². The van der Waals surface area contributed by atoms with E-state index in [4.69, 9.17) is 16.3 Å². The van der Waals surface area contributed by atoms with Gasteiger partial charge in [-0.15, -0.1) is 11.6 Å². The number of halogens is 2. The average Bonchev–Trinajstić information content (AvgIpc) is 2.92. The van der Waals surface area contributed by atoms with Crippen molar-refractivity contribution in [1.82, 2.24) is 0 Å². The largest absolute Gasteiger partial charge is 0.481 e. The van der Waals surface area contributed by atoms with Gasteiger partial charge in [0.05, 0.1) is 4.92 Å². The topological polar surface area (TPSA) is 52.4 Å². The maximum atomic E-state index is 13.8. The van der Waals surface area contributed by atoms with Gasteiger partial charge in [-0.2, -0.15) is 0 Å². The van der Waals surface area contributed by atoms with Gasteiger partial charge < -0.3 is 4.74 Å². The average molecular weight is 300 g/mol. The second-order valence-corrected chi connectivity index (χ2v) is 6.12. The van der Waals surface area contributed by atoms with Crippen molar-refractivity contribution >= 4 is 17.3 Å². The van der Waals surface area contributed by atoms with Crippen LogP contribution in [0, 0.1) is 21.3 Å². The summed E-state index contributed by atoms with van der Waals surface area (Å²) in [7, 11) is 0. The molecule has 20 heavy (non-hydrogen) atoms. The molecule has 2 aliphatic rings. The van der Waals surface area contributed by atoms with E-state index in [1.54, 1.807) is 0 Å². The van der Waals surface area contributed by atoms with Crippen molar-refractivity contribution in [2.75, 3.05) is 0 Å². The van der Waals surface area contributed by atoms with E-state index < -0.39 is 10.7 Å². The summed E-state index contributed by atoms with van der Waals surface area (Å²) in [6.07, 6.45) is 4.48. The molecule has 2 atom stereocenters. The third kappa shape index (κ3) is 1.95. The van der Waals surface area contributed by atoms with Gasteiger partial charge in [-0.05, 0) is 18.9 Å². The lowest BCUT2D eigenvalue weighted by atomic mass is 9.64. The second-order valence-electron chi connectivity index (χ2n) is 5.60. The molecular weight excluding hydrogens is 285 g/mol. The van der Waals surface area contributed by atoms with Crippen LogP contribution in [-0.4, -0.2) is 16.4 Å². The molecule has 3 rings (SSSR count). The predicted molar refractivity (Wildman–Crippen MR) is 72.6 cm³/mol. The molecule has 1 aromatic rings. The van der Waals surface area contributed by atoms with Gasteiger partial charge in [-0.3, -0.25) is 10.1 Å². The fraction of sp³-hybridized carbons (Fsp3) is 0.571. The van der Waals surface area contributed by atoms with Crippen LogP contribution in [0.1, 0.15) is 32.1 Å². The Hall–Kier alpha value is -1.36. The van der Waals surface area contributed by atoms with Crippen LogP contribution in [0.4, 0.5) is 10.1 Å². The van der Waals surface area contributed by atoms with Crippen molar-refractivity contribution in [2.24, 2.45) is 5.41 Å². The van der Waals surface area contributed by atoms with Crippen LogP contribution in [-0.2, 0) is 0 Å². The van der Waals surface area contributed by atoms with Gasteiger partial charge in [0.25, 0.3) is 0 Å². The highest BCUT2D eigenvalue weighted by molar-refractivity contribution is 6.21. The summed E-state index contributed by atoms with van der Waals surface area (Å²) >= 11 is 6.31. The molecule has 2 fully saturated rings. The monoisotopic (exact) mass is 299 g/mol. The summed E-state index contributed by atoms with van der Waals surface area (Å²) in [5, 5.41) is 11.0. The Kier molecular flexibility index (Phi) is 3.32. The third-order valence-corrected chi connectivity index (χ3v) is 5.24. The number of hydrogen-bond acceptors (Lipinski definition) is 3. The van der Waals surface area contributed by atoms with E-state index in [9.17, 15) is 14.5 Å². The minimum atomic E-state index is -0.689. The zero-order valence-electron chi connectivity index (χ0n) is 10.9. The van der Waals surface area contributed by atoms with Gasteiger partial charge in [-0.1, -0.05) is 18.9 Å². The maximum absolute atomic E-state index is 13.8. The fourth-order valence-corrected chi connectivity index (χ4v) is 3.95. The van der Waals surface area contributed by atoms with Crippen molar-refractivity contribution in [3.63, 3.8) is 0 Å². The number of para-hydroxylation sites is 1. The van der Waals surface area contributed by atoms with Crippen LogP contribution in [0.5, 0.6) is 5.75 Å².